The Morgan fingerprint density at radius 1 is 1.26 bits per heavy atom. The predicted octanol–water partition coefficient (Wildman–Crippen LogP) is 3.05. The molecule has 2 rings (SSSR count). The number of carbonyl (C=O) groups is 1. The summed E-state index contributed by atoms with van der Waals surface area (Å²) in [6, 6.07) is 5.17. The highest BCUT2D eigenvalue weighted by Crippen LogP contribution is 2.30. The first-order valence-electron chi connectivity index (χ1n) is 6.73. The largest absolute Gasteiger partial charge is 0.490 e. The Morgan fingerprint density at radius 2 is 2.00 bits per heavy atom. The van der Waals surface area contributed by atoms with E-state index in [1.54, 1.807) is 18.2 Å². The topological polar surface area (TPSA) is 44.8 Å². The number of hydrogen-bond donors (Lipinski definition) is 0. The van der Waals surface area contributed by atoms with Gasteiger partial charge in [-0.1, -0.05) is 13.8 Å². The quantitative estimate of drug-likeness (QED) is 0.784. The number of hydrogen-bond acceptors (Lipinski definition) is 4. The van der Waals surface area contributed by atoms with Crippen LogP contribution >= 0.6 is 0 Å². The monoisotopic (exact) mass is 264 g/mol. The zero-order valence-corrected chi connectivity index (χ0v) is 11.5. The maximum atomic E-state index is 11.9. The van der Waals surface area contributed by atoms with Crippen molar-refractivity contribution in [3.8, 4) is 11.5 Å². The maximum Gasteiger partial charge on any atom is 0.338 e. The number of benzene rings is 1. The van der Waals surface area contributed by atoms with Crippen molar-refractivity contribution < 1.29 is 19.0 Å². The van der Waals surface area contributed by atoms with E-state index in [4.69, 9.17) is 14.2 Å². The summed E-state index contributed by atoms with van der Waals surface area (Å²) in [7, 11) is 0. The highest BCUT2D eigenvalue weighted by molar-refractivity contribution is 5.90. The zero-order chi connectivity index (χ0) is 13.7. The minimum absolute atomic E-state index is 0.309. The van der Waals surface area contributed by atoms with Crippen LogP contribution in [0.2, 0.25) is 0 Å². The molecule has 0 aromatic heterocycles. The van der Waals surface area contributed by atoms with Gasteiger partial charge in [-0.05, 0) is 30.5 Å². The Bertz CT molecular complexity index is 440. The van der Waals surface area contributed by atoms with E-state index in [9.17, 15) is 4.79 Å². The molecule has 0 saturated carbocycles. The third-order valence-corrected chi connectivity index (χ3v) is 2.91. The van der Waals surface area contributed by atoms with E-state index in [-0.39, 0.29) is 5.97 Å². The van der Waals surface area contributed by atoms with Crippen LogP contribution in [-0.4, -0.2) is 25.8 Å². The lowest BCUT2D eigenvalue weighted by atomic mass is 10.1. The molecule has 0 saturated heterocycles. The molecule has 0 bridgehead atoms. The molecule has 104 valence electrons. The predicted molar refractivity (Wildman–Crippen MR) is 71.8 cm³/mol. The molecule has 1 aliphatic rings. The molecule has 1 aliphatic heterocycles. The van der Waals surface area contributed by atoms with Gasteiger partial charge in [-0.15, -0.1) is 0 Å². The second-order valence-corrected chi connectivity index (χ2v) is 5.03. The standard InChI is InChI=1S/C15H20O4/c1-11(2)6-9-19-15(16)12-4-5-13-14(10-12)18-8-3-7-17-13/h4-5,10-11H,3,6-9H2,1-2H3. The normalized spacial score (nSPS) is 14.1. The fourth-order valence-corrected chi connectivity index (χ4v) is 1.76. The van der Waals surface area contributed by atoms with Crippen molar-refractivity contribution in [1.29, 1.82) is 0 Å². The van der Waals surface area contributed by atoms with Gasteiger partial charge in [0.2, 0.25) is 0 Å². The van der Waals surface area contributed by atoms with Gasteiger partial charge >= 0.3 is 5.97 Å². The van der Waals surface area contributed by atoms with Crippen LogP contribution in [0.15, 0.2) is 18.2 Å². The smallest absolute Gasteiger partial charge is 0.338 e. The third kappa shape index (κ3) is 3.88. The fraction of sp³-hybridized carbons (Fsp3) is 0.533. The molecular weight excluding hydrogens is 244 g/mol. The van der Waals surface area contributed by atoms with Gasteiger partial charge < -0.3 is 14.2 Å². The molecule has 4 heteroatoms. The third-order valence-electron chi connectivity index (χ3n) is 2.91. The van der Waals surface area contributed by atoms with E-state index >= 15 is 0 Å². The van der Waals surface area contributed by atoms with Gasteiger partial charge in [0.1, 0.15) is 0 Å². The number of fused-ring (bicyclic) bond motifs is 1. The summed E-state index contributed by atoms with van der Waals surface area (Å²) in [5.74, 6) is 1.53. The van der Waals surface area contributed by atoms with Crippen molar-refractivity contribution in [1.82, 2.24) is 0 Å². The molecule has 0 unspecified atom stereocenters. The van der Waals surface area contributed by atoms with Crippen molar-refractivity contribution in [2.45, 2.75) is 26.7 Å². The highest BCUT2D eigenvalue weighted by atomic mass is 16.5. The van der Waals surface area contributed by atoms with Gasteiger partial charge in [0.15, 0.2) is 11.5 Å². The van der Waals surface area contributed by atoms with E-state index in [2.05, 4.69) is 13.8 Å². The molecule has 19 heavy (non-hydrogen) atoms. The van der Waals surface area contributed by atoms with Crippen molar-refractivity contribution in [2.75, 3.05) is 19.8 Å². The minimum atomic E-state index is -0.309. The molecule has 1 aromatic rings. The molecule has 0 amide bonds. The molecule has 4 nitrogen and oxygen atoms in total. The van der Waals surface area contributed by atoms with Crippen LogP contribution in [0.4, 0.5) is 0 Å². The van der Waals surface area contributed by atoms with Gasteiger partial charge in [-0.2, -0.15) is 0 Å². The van der Waals surface area contributed by atoms with Crippen LogP contribution in [0, 0.1) is 5.92 Å². The van der Waals surface area contributed by atoms with E-state index in [0.717, 1.165) is 12.8 Å². The van der Waals surface area contributed by atoms with Gasteiger partial charge in [-0.25, -0.2) is 4.79 Å². The summed E-state index contributed by atoms with van der Waals surface area (Å²) in [5.41, 5.74) is 0.507. The first kappa shape index (κ1) is 13.7. The minimum Gasteiger partial charge on any atom is -0.490 e. The number of esters is 1. The van der Waals surface area contributed by atoms with Crippen LogP contribution in [0.25, 0.3) is 0 Å². The van der Waals surface area contributed by atoms with Gasteiger partial charge in [0.25, 0.3) is 0 Å². The van der Waals surface area contributed by atoms with E-state index < -0.39 is 0 Å². The lowest BCUT2D eigenvalue weighted by Gasteiger charge is -2.10. The molecule has 0 N–H and O–H groups in total. The second-order valence-electron chi connectivity index (χ2n) is 5.03. The van der Waals surface area contributed by atoms with Crippen LogP contribution in [-0.2, 0) is 4.74 Å². The summed E-state index contributed by atoms with van der Waals surface area (Å²) in [5, 5.41) is 0. The average Bonchev–Trinajstić information content (AvgIpc) is 2.62. The Morgan fingerprint density at radius 3 is 2.74 bits per heavy atom. The number of rotatable bonds is 4. The lowest BCUT2D eigenvalue weighted by molar-refractivity contribution is 0.0487. The summed E-state index contributed by atoms with van der Waals surface area (Å²) in [6.45, 7) is 5.90. The van der Waals surface area contributed by atoms with Crippen LogP contribution in [0.5, 0.6) is 11.5 Å². The highest BCUT2D eigenvalue weighted by Gasteiger charge is 2.14. The van der Waals surface area contributed by atoms with Gasteiger partial charge in [0, 0.05) is 6.42 Å². The fourth-order valence-electron chi connectivity index (χ4n) is 1.76. The lowest BCUT2D eigenvalue weighted by Crippen LogP contribution is -2.08. The van der Waals surface area contributed by atoms with E-state index in [1.807, 2.05) is 0 Å². The van der Waals surface area contributed by atoms with Crippen LogP contribution < -0.4 is 9.47 Å². The van der Waals surface area contributed by atoms with Gasteiger partial charge in [-0.3, -0.25) is 0 Å². The Hall–Kier alpha value is -1.71. The number of carbonyl (C=O) groups excluding carboxylic acids is 1. The average molecular weight is 264 g/mol. The maximum absolute atomic E-state index is 11.9. The molecule has 0 radical (unpaired) electrons. The Balaban J connectivity index is 2.00. The number of ether oxygens (including phenoxy) is 3. The second kappa shape index (κ2) is 6.45. The van der Waals surface area contributed by atoms with Crippen molar-refractivity contribution >= 4 is 5.97 Å². The first-order chi connectivity index (χ1) is 9.16. The van der Waals surface area contributed by atoms with Crippen LogP contribution in [0.3, 0.4) is 0 Å². The summed E-state index contributed by atoms with van der Waals surface area (Å²) >= 11 is 0. The molecule has 0 fully saturated rings. The molecule has 0 atom stereocenters. The first-order valence-corrected chi connectivity index (χ1v) is 6.73. The summed E-state index contributed by atoms with van der Waals surface area (Å²) < 4.78 is 16.3. The van der Waals surface area contributed by atoms with Crippen molar-refractivity contribution in [3.63, 3.8) is 0 Å². The van der Waals surface area contributed by atoms with Crippen molar-refractivity contribution in [2.24, 2.45) is 5.92 Å². The molecule has 1 aromatic carbocycles. The Kier molecular flexibility index (Phi) is 4.66. The summed E-state index contributed by atoms with van der Waals surface area (Å²) in [6.07, 6.45) is 1.72. The van der Waals surface area contributed by atoms with E-state index in [1.165, 1.54) is 0 Å². The molecule has 0 spiro atoms. The van der Waals surface area contributed by atoms with Gasteiger partial charge in [0.05, 0.1) is 25.4 Å². The molecule has 1 heterocycles. The molecule has 0 aliphatic carbocycles. The zero-order valence-electron chi connectivity index (χ0n) is 11.5. The molecular formula is C15H20O4. The van der Waals surface area contributed by atoms with E-state index in [0.29, 0.717) is 42.8 Å². The van der Waals surface area contributed by atoms with Crippen molar-refractivity contribution in [3.05, 3.63) is 23.8 Å². The SMILES string of the molecule is CC(C)CCOC(=O)c1ccc2c(c1)OCCCO2. The van der Waals surface area contributed by atoms with Crippen LogP contribution in [0.1, 0.15) is 37.0 Å². The Labute approximate surface area is 113 Å². The summed E-state index contributed by atoms with van der Waals surface area (Å²) in [4.78, 5) is 11.9.